The molecular weight excluding hydrogens is 442 g/mol. The highest BCUT2D eigenvalue weighted by molar-refractivity contribution is 9.10. The Balaban J connectivity index is 1.87. The van der Waals surface area contributed by atoms with Crippen molar-refractivity contribution in [3.8, 4) is 11.5 Å². The summed E-state index contributed by atoms with van der Waals surface area (Å²) in [6, 6.07) is 13.5. The standard InChI is InChI=1S/C21H20BrNO4S/c1-3-23-20(24)18(28-21(23)25)12-15-10-16(22)19(17(11-15)26-4-2)27-13-14-8-6-5-7-9-14/h5-12H,3-4,13H2,1-2H3/b18-12-. The van der Waals surface area contributed by atoms with Gasteiger partial charge in [-0.15, -0.1) is 0 Å². The Kier molecular flexibility index (Phi) is 6.80. The zero-order chi connectivity index (χ0) is 20.1. The average Bonchev–Trinajstić information content (AvgIpc) is 2.94. The average molecular weight is 462 g/mol. The monoisotopic (exact) mass is 461 g/mol. The number of hydrogen-bond donors (Lipinski definition) is 0. The van der Waals surface area contributed by atoms with Crippen LogP contribution in [-0.4, -0.2) is 29.2 Å². The first-order valence-corrected chi connectivity index (χ1v) is 10.5. The van der Waals surface area contributed by atoms with Gasteiger partial charge in [-0.1, -0.05) is 30.3 Å². The maximum atomic E-state index is 12.3. The van der Waals surface area contributed by atoms with Gasteiger partial charge in [0.15, 0.2) is 11.5 Å². The highest BCUT2D eigenvalue weighted by atomic mass is 79.9. The molecule has 146 valence electrons. The molecule has 7 heteroatoms. The van der Waals surface area contributed by atoms with Crippen LogP contribution in [0.3, 0.4) is 0 Å². The maximum Gasteiger partial charge on any atom is 0.293 e. The van der Waals surface area contributed by atoms with Gasteiger partial charge < -0.3 is 9.47 Å². The highest BCUT2D eigenvalue weighted by Gasteiger charge is 2.33. The quantitative estimate of drug-likeness (QED) is 0.510. The molecule has 2 aromatic carbocycles. The first kappa shape index (κ1) is 20.5. The fourth-order valence-electron chi connectivity index (χ4n) is 2.73. The molecule has 1 aliphatic rings. The Bertz CT molecular complexity index is 914. The van der Waals surface area contributed by atoms with E-state index < -0.39 is 0 Å². The number of carbonyl (C=O) groups excluding carboxylic acids is 2. The molecule has 1 fully saturated rings. The van der Waals surface area contributed by atoms with Crippen molar-refractivity contribution in [1.29, 1.82) is 0 Å². The normalized spacial score (nSPS) is 15.4. The zero-order valence-corrected chi connectivity index (χ0v) is 18.0. The number of thioether (sulfide) groups is 1. The second kappa shape index (κ2) is 9.30. The predicted molar refractivity (Wildman–Crippen MR) is 114 cm³/mol. The zero-order valence-electron chi connectivity index (χ0n) is 15.6. The third-order valence-corrected chi connectivity index (χ3v) is 5.54. The van der Waals surface area contributed by atoms with Crippen LogP contribution in [0.25, 0.3) is 6.08 Å². The maximum absolute atomic E-state index is 12.3. The van der Waals surface area contributed by atoms with E-state index in [9.17, 15) is 9.59 Å². The predicted octanol–water partition coefficient (Wildman–Crippen LogP) is 5.48. The summed E-state index contributed by atoms with van der Waals surface area (Å²) in [5.41, 5.74) is 1.80. The molecule has 2 amide bonds. The molecule has 0 unspecified atom stereocenters. The van der Waals surface area contributed by atoms with Crippen LogP contribution in [0.4, 0.5) is 4.79 Å². The molecule has 0 bridgehead atoms. The van der Waals surface area contributed by atoms with Gasteiger partial charge in [0.2, 0.25) is 0 Å². The molecule has 28 heavy (non-hydrogen) atoms. The highest BCUT2D eigenvalue weighted by Crippen LogP contribution is 2.39. The Morgan fingerprint density at radius 1 is 1.11 bits per heavy atom. The van der Waals surface area contributed by atoms with Gasteiger partial charge in [-0.25, -0.2) is 0 Å². The van der Waals surface area contributed by atoms with Gasteiger partial charge in [-0.2, -0.15) is 0 Å². The van der Waals surface area contributed by atoms with Crippen LogP contribution in [0.2, 0.25) is 0 Å². The van der Waals surface area contributed by atoms with Crippen molar-refractivity contribution in [1.82, 2.24) is 4.90 Å². The Labute approximate surface area is 176 Å². The van der Waals surface area contributed by atoms with E-state index in [2.05, 4.69) is 15.9 Å². The molecule has 0 aliphatic carbocycles. The van der Waals surface area contributed by atoms with Crippen LogP contribution in [-0.2, 0) is 11.4 Å². The van der Waals surface area contributed by atoms with Gasteiger partial charge in [-0.05, 0) is 70.9 Å². The SMILES string of the molecule is CCOc1cc(/C=C2\SC(=O)N(CC)C2=O)cc(Br)c1OCc1ccccc1. The van der Waals surface area contributed by atoms with Crippen molar-refractivity contribution in [2.24, 2.45) is 0 Å². The molecule has 0 spiro atoms. The number of benzene rings is 2. The van der Waals surface area contributed by atoms with Crippen LogP contribution in [0.5, 0.6) is 11.5 Å². The summed E-state index contributed by atoms with van der Waals surface area (Å²) >= 11 is 4.49. The molecule has 0 radical (unpaired) electrons. The molecule has 3 rings (SSSR count). The van der Waals surface area contributed by atoms with Crippen molar-refractivity contribution < 1.29 is 19.1 Å². The van der Waals surface area contributed by atoms with E-state index in [1.54, 1.807) is 13.0 Å². The van der Waals surface area contributed by atoms with E-state index in [-0.39, 0.29) is 11.1 Å². The molecule has 2 aromatic rings. The molecule has 5 nitrogen and oxygen atoms in total. The molecule has 0 aromatic heterocycles. The van der Waals surface area contributed by atoms with Crippen molar-refractivity contribution in [2.45, 2.75) is 20.5 Å². The molecule has 1 heterocycles. The van der Waals surface area contributed by atoms with E-state index in [1.807, 2.05) is 49.4 Å². The lowest BCUT2D eigenvalue weighted by molar-refractivity contribution is -0.122. The van der Waals surface area contributed by atoms with Crippen LogP contribution in [0.15, 0.2) is 51.8 Å². The van der Waals surface area contributed by atoms with Gasteiger partial charge >= 0.3 is 0 Å². The number of nitrogens with zero attached hydrogens (tertiary/aromatic N) is 1. The van der Waals surface area contributed by atoms with E-state index in [0.717, 1.165) is 27.4 Å². The summed E-state index contributed by atoms with van der Waals surface area (Å²) in [5.74, 6) is 0.911. The van der Waals surface area contributed by atoms with Crippen LogP contribution in [0, 0.1) is 0 Å². The van der Waals surface area contributed by atoms with Crippen molar-refractivity contribution >= 4 is 44.9 Å². The smallest absolute Gasteiger partial charge is 0.293 e. The first-order chi connectivity index (χ1) is 13.5. The van der Waals surface area contributed by atoms with Crippen molar-refractivity contribution in [2.75, 3.05) is 13.2 Å². The largest absolute Gasteiger partial charge is 0.490 e. The van der Waals surface area contributed by atoms with E-state index in [0.29, 0.717) is 36.2 Å². The Hall–Kier alpha value is -2.25. The van der Waals surface area contributed by atoms with Gasteiger partial charge in [0.05, 0.1) is 16.0 Å². The number of amides is 2. The number of halogens is 1. The minimum Gasteiger partial charge on any atom is -0.490 e. The topological polar surface area (TPSA) is 55.8 Å². The summed E-state index contributed by atoms with van der Waals surface area (Å²) in [5, 5.41) is -0.245. The summed E-state index contributed by atoms with van der Waals surface area (Å²) < 4.78 is 12.4. The number of carbonyl (C=O) groups is 2. The van der Waals surface area contributed by atoms with Crippen LogP contribution < -0.4 is 9.47 Å². The van der Waals surface area contributed by atoms with Crippen LogP contribution >= 0.6 is 27.7 Å². The fourth-order valence-corrected chi connectivity index (χ4v) is 4.21. The van der Waals surface area contributed by atoms with Crippen LogP contribution in [0.1, 0.15) is 25.0 Å². The first-order valence-electron chi connectivity index (χ1n) is 8.92. The van der Waals surface area contributed by atoms with E-state index in [4.69, 9.17) is 9.47 Å². The number of ether oxygens (including phenoxy) is 2. The lowest BCUT2D eigenvalue weighted by atomic mass is 10.1. The number of hydrogen-bond acceptors (Lipinski definition) is 5. The van der Waals surface area contributed by atoms with Crippen molar-refractivity contribution in [3.63, 3.8) is 0 Å². The Morgan fingerprint density at radius 2 is 1.86 bits per heavy atom. The molecule has 0 N–H and O–H groups in total. The summed E-state index contributed by atoms with van der Waals surface area (Å²) in [4.78, 5) is 25.9. The molecule has 1 saturated heterocycles. The molecular formula is C21H20BrNO4S. The lowest BCUT2D eigenvalue weighted by Gasteiger charge is -2.15. The third-order valence-electron chi connectivity index (χ3n) is 4.05. The van der Waals surface area contributed by atoms with E-state index in [1.165, 1.54) is 4.90 Å². The minimum atomic E-state index is -0.268. The second-order valence-corrected chi connectivity index (χ2v) is 7.81. The second-order valence-electron chi connectivity index (χ2n) is 5.96. The lowest BCUT2D eigenvalue weighted by Crippen LogP contribution is -2.27. The molecule has 0 saturated carbocycles. The van der Waals surface area contributed by atoms with Gasteiger partial charge in [0.1, 0.15) is 6.61 Å². The minimum absolute atomic E-state index is 0.245. The fraction of sp³-hybridized carbons (Fsp3) is 0.238. The number of likely N-dealkylation sites (N-methyl/N-ethyl adjacent to an activating group) is 1. The molecule has 1 aliphatic heterocycles. The van der Waals surface area contributed by atoms with Gasteiger partial charge in [0, 0.05) is 6.54 Å². The summed E-state index contributed by atoms with van der Waals surface area (Å²) in [6.45, 7) is 4.93. The van der Waals surface area contributed by atoms with E-state index >= 15 is 0 Å². The van der Waals surface area contributed by atoms with Gasteiger partial charge in [-0.3, -0.25) is 14.5 Å². The number of imide groups is 1. The summed E-state index contributed by atoms with van der Waals surface area (Å²) in [7, 11) is 0. The third kappa shape index (κ3) is 4.59. The Morgan fingerprint density at radius 3 is 2.50 bits per heavy atom. The molecule has 0 atom stereocenters. The van der Waals surface area contributed by atoms with Crippen molar-refractivity contribution in [3.05, 3.63) is 63.0 Å². The summed E-state index contributed by atoms with van der Waals surface area (Å²) in [6.07, 6.45) is 1.70. The number of rotatable bonds is 7. The van der Waals surface area contributed by atoms with Gasteiger partial charge in [0.25, 0.3) is 11.1 Å².